The molecule has 2 aromatic rings. The predicted molar refractivity (Wildman–Crippen MR) is 119 cm³/mol. The van der Waals surface area contributed by atoms with Crippen LogP contribution in [0.15, 0.2) is 41.3 Å². The van der Waals surface area contributed by atoms with Crippen LogP contribution in [0, 0.1) is 18.8 Å². The summed E-state index contributed by atoms with van der Waals surface area (Å²) >= 11 is 0. The fraction of sp³-hybridized carbons (Fsp3) is 0.500. The second-order valence-corrected chi connectivity index (χ2v) is 10.1. The highest BCUT2D eigenvalue weighted by Gasteiger charge is 2.20. The molecule has 8 heteroatoms. The van der Waals surface area contributed by atoms with Gasteiger partial charge >= 0.3 is 0 Å². The van der Waals surface area contributed by atoms with E-state index in [-0.39, 0.29) is 22.3 Å². The van der Waals surface area contributed by atoms with E-state index in [4.69, 9.17) is 0 Å². The Morgan fingerprint density at radius 1 is 0.933 bits per heavy atom. The maximum Gasteiger partial charge on any atom is 0.274 e. The van der Waals surface area contributed by atoms with E-state index >= 15 is 0 Å². The van der Waals surface area contributed by atoms with Gasteiger partial charge in [0.25, 0.3) is 15.9 Å². The van der Waals surface area contributed by atoms with Gasteiger partial charge in [0.1, 0.15) is 0 Å². The number of nitrogens with zero attached hydrogens (tertiary/aromatic N) is 3. The Kier molecular flexibility index (Phi) is 8.34. The molecule has 30 heavy (non-hydrogen) atoms. The molecule has 2 rings (SSSR count). The summed E-state index contributed by atoms with van der Waals surface area (Å²) in [5, 5.41) is 7.89. The molecule has 7 nitrogen and oxygen atoms in total. The smallest absolute Gasteiger partial charge is 0.274 e. The van der Waals surface area contributed by atoms with Gasteiger partial charge in [-0.2, -0.15) is 0 Å². The van der Waals surface area contributed by atoms with Crippen molar-refractivity contribution in [2.75, 3.05) is 17.8 Å². The van der Waals surface area contributed by atoms with Gasteiger partial charge in [0, 0.05) is 13.1 Å². The topological polar surface area (TPSA) is 92.3 Å². The van der Waals surface area contributed by atoms with Crippen molar-refractivity contribution in [3.8, 4) is 0 Å². The van der Waals surface area contributed by atoms with Crippen molar-refractivity contribution in [1.29, 1.82) is 0 Å². The van der Waals surface area contributed by atoms with E-state index in [9.17, 15) is 13.2 Å². The highest BCUT2D eigenvalue weighted by molar-refractivity contribution is 7.92. The van der Waals surface area contributed by atoms with Gasteiger partial charge in [-0.1, -0.05) is 45.4 Å². The standard InChI is InChI=1S/C22H32N4O3S/c1-16(2)12-14-26(15-13-17(3)4)22(27)20-10-11-21(24-23-20)25-30(28,29)19-8-6-18(5)7-9-19/h6-11,16-17H,12-15H2,1-5H3,(H,24,25). The van der Waals surface area contributed by atoms with E-state index in [0.717, 1.165) is 18.4 Å². The van der Waals surface area contributed by atoms with Crippen LogP contribution in [0.1, 0.15) is 56.6 Å². The minimum atomic E-state index is -3.76. The van der Waals surface area contributed by atoms with Gasteiger partial charge in [0.05, 0.1) is 4.90 Å². The molecule has 0 aliphatic carbocycles. The Hall–Kier alpha value is -2.48. The van der Waals surface area contributed by atoms with Crippen LogP contribution in [0.5, 0.6) is 0 Å². The first-order valence-corrected chi connectivity index (χ1v) is 11.8. The number of aryl methyl sites for hydroxylation is 1. The molecule has 0 bridgehead atoms. The molecule has 1 N–H and O–H groups in total. The van der Waals surface area contributed by atoms with Crippen molar-refractivity contribution in [3.05, 3.63) is 47.7 Å². The van der Waals surface area contributed by atoms with E-state index < -0.39 is 10.0 Å². The number of carbonyl (C=O) groups is 1. The zero-order chi connectivity index (χ0) is 22.3. The van der Waals surface area contributed by atoms with E-state index in [1.54, 1.807) is 17.0 Å². The van der Waals surface area contributed by atoms with Crippen LogP contribution in [0.25, 0.3) is 0 Å². The normalized spacial score (nSPS) is 11.7. The Balaban J connectivity index is 2.11. The van der Waals surface area contributed by atoms with Gasteiger partial charge < -0.3 is 4.90 Å². The molecule has 1 aromatic carbocycles. The van der Waals surface area contributed by atoms with Crippen molar-refractivity contribution in [2.24, 2.45) is 11.8 Å². The van der Waals surface area contributed by atoms with E-state index in [0.29, 0.717) is 24.9 Å². The van der Waals surface area contributed by atoms with Gasteiger partial charge in [0.15, 0.2) is 11.5 Å². The number of benzene rings is 1. The molecule has 0 radical (unpaired) electrons. The third-order valence-electron chi connectivity index (χ3n) is 4.69. The summed E-state index contributed by atoms with van der Waals surface area (Å²) in [6.07, 6.45) is 1.82. The number of hydrogen-bond acceptors (Lipinski definition) is 5. The van der Waals surface area contributed by atoms with E-state index in [1.165, 1.54) is 24.3 Å². The van der Waals surface area contributed by atoms with E-state index in [2.05, 4.69) is 42.6 Å². The maximum absolute atomic E-state index is 12.9. The molecule has 0 spiro atoms. The summed E-state index contributed by atoms with van der Waals surface area (Å²) in [4.78, 5) is 14.9. The highest BCUT2D eigenvalue weighted by atomic mass is 32.2. The number of carbonyl (C=O) groups excluding carboxylic acids is 1. The zero-order valence-corrected chi connectivity index (χ0v) is 19.2. The molecule has 1 heterocycles. The molecular weight excluding hydrogens is 400 g/mol. The Morgan fingerprint density at radius 2 is 1.50 bits per heavy atom. The molecule has 0 unspecified atom stereocenters. The number of nitrogens with one attached hydrogen (secondary N) is 1. The molecule has 0 saturated heterocycles. The molecule has 0 saturated carbocycles. The molecule has 164 valence electrons. The van der Waals surface area contributed by atoms with Gasteiger partial charge in [-0.15, -0.1) is 10.2 Å². The van der Waals surface area contributed by atoms with Gasteiger partial charge in [-0.05, 0) is 55.9 Å². The Labute approximate surface area is 180 Å². The molecule has 0 aliphatic heterocycles. The van der Waals surface area contributed by atoms with Crippen LogP contribution < -0.4 is 4.72 Å². The lowest BCUT2D eigenvalue weighted by Crippen LogP contribution is -2.34. The third-order valence-corrected chi connectivity index (χ3v) is 6.06. The minimum Gasteiger partial charge on any atom is -0.337 e. The van der Waals surface area contributed by atoms with Crippen molar-refractivity contribution in [1.82, 2.24) is 15.1 Å². The summed E-state index contributed by atoms with van der Waals surface area (Å²) in [5.74, 6) is 0.868. The number of rotatable bonds is 10. The van der Waals surface area contributed by atoms with Crippen molar-refractivity contribution in [2.45, 2.75) is 52.4 Å². The van der Waals surface area contributed by atoms with Crippen molar-refractivity contribution in [3.63, 3.8) is 0 Å². The fourth-order valence-corrected chi connectivity index (χ4v) is 3.72. The average molecular weight is 433 g/mol. The van der Waals surface area contributed by atoms with Gasteiger partial charge in [-0.3, -0.25) is 9.52 Å². The largest absolute Gasteiger partial charge is 0.337 e. The summed E-state index contributed by atoms with van der Waals surface area (Å²) in [5.41, 5.74) is 1.18. The summed E-state index contributed by atoms with van der Waals surface area (Å²) in [7, 11) is -3.76. The van der Waals surface area contributed by atoms with Crippen LogP contribution in [-0.4, -0.2) is 42.5 Å². The molecule has 0 atom stereocenters. The van der Waals surface area contributed by atoms with Crippen LogP contribution in [-0.2, 0) is 10.0 Å². The lowest BCUT2D eigenvalue weighted by Gasteiger charge is -2.24. The van der Waals surface area contributed by atoms with Crippen LogP contribution in [0.3, 0.4) is 0 Å². The average Bonchev–Trinajstić information content (AvgIpc) is 2.68. The second kappa shape index (κ2) is 10.5. The number of aromatic nitrogens is 2. The van der Waals surface area contributed by atoms with Gasteiger partial charge in [0.2, 0.25) is 0 Å². The maximum atomic E-state index is 12.9. The quantitative estimate of drug-likeness (QED) is 0.610. The summed E-state index contributed by atoms with van der Waals surface area (Å²) in [6.45, 7) is 11.7. The van der Waals surface area contributed by atoms with Gasteiger partial charge in [-0.25, -0.2) is 8.42 Å². The predicted octanol–water partition coefficient (Wildman–Crippen LogP) is 4.12. The highest BCUT2D eigenvalue weighted by Crippen LogP contribution is 2.16. The van der Waals surface area contributed by atoms with Crippen LogP contribution in [0.4, 0.5) is 5.82 Å². The molecular formula is C22H32N4O3S. The molecule has 1 amide bonds. The Bertz CT molecular complexity index is 912. The second-order valence-electron chi connectivity index (χ2n) is 8.38. The first-order chi connectivity index (χ1) is 14.1. The minimum absolute atomic E-state index is 0.0723. The monoisotopic (exact) mass is 432 g/mol. The number of sulfonamides is 1. The summed E-state index contributed by atoms with van der Waals surface area (Å²) < 4.78 is 27.4. The number of amides is 1. The summed E-state index contributed by atoms with van der Waals surface area (Å²) in [6, 6.07) is 9.50. The fourth-order valence-electron chi connectivity index (χ4n) is 2.72. The van der Waals surface area contributed by atoms with E-state index in [1.807, 2.05) is 6.92 Å². The molecule has 0 aliphatic rings. The lowest BCUT2D eigenvalue weighted by atomic mass is 10.1. The van der Waals surface area contributed by atoms with Crippen molar-refractivity contribution < 1.29 is 13.2 Å². The first kappa shape index (κ1) is 23.8. The third kappa shape index (κ3) is 7.09. The molecule has 1 aromatic heterocycles. The number of hydrogen-bond donors (Lipinski definition) is 1. The van der Waals surface area contributed by atoms with Crippen molar-refractivity contribution >= 4 is 21.7 Å². The first-order valence-electron chi connectivity index (χ1n) is 10.3. The van der Waals surface area contributed by atoms with Crippen LogP contribution >= 0.6 is 0 Å². The number of anilines is 1. The SMILES string of the molecule is Cc1ccc(S(=O)(=O)Nc2ccc(C(=O)N(CCC(C)C)CCC(C)C)nn2)cc1. The Morgan fingerprint density at radius 3 is 1.97 bits per heavy atom. The lowest BCUT2D eigenvalue weighted by molar-refractivity contribution is 0.0733. The zero-order valence-electron chi connectivity index (χ0n) is 18.4. The van der Waals surface area contributed by atoms with Crippen LogP contribution in [0.2, 0.25) is 0 Å². The molecule has 0 fully saturated rings.